The fourth-order valence-electron chi connectivity index (χ4n) is 2.46. The Labute approximate surface area is 149 Å². The van der Waals surface area contributed by atoms with Crippen molar-refractivity contribution in [3.05, 3.63) is 52.2 Å². The van der Waals surface area contributed by atoms with E-state index in [1.807, 2.05) is 35.7 Å². The van der Waals surface area contributed by atoms with Crippen LogP contribution < -0.4 is 9.64 Å². The van der Waals surface area contributed by atoms with Gasteiger partial charge in [-0.05, 0) is 36.6 Å². The van der Waals surface area contributed by atoms with Crippen LogP contribution in [0.4, 0.5) is 0 Å². The van der Waals surface area contributed by atoms with Gasteiger partial charge in [0.1, 0.15) is 12.3 Å². The second-order valence-electron chi connectivity index (χ2n) is 5.62. The number of thiophene rings is 1. The van der Waals surface area contributed by atoms with E-state index in [9.17, 15) is 0 Å². The molecule has 1 unspecified atom stereocenters. The lowest BCUT2D eigenvalue weighted by Crippen LogP contribution is -3.07. The van der Waals surface area contributed by atoms with Crippen LogP contribution >= 0.6 is 22.9 Å². The first-order valence-electron chi connectivity index (χ1n) is 7.60. The topological polar surface area (TPSA) is 52.6 Å². The predicted molar refractivity (Wildman–Crippen MR) is 94.6 cm³/mol. The van der Waals surface area contributed by atoms with Crippen LogP contribution in [-0.2, 0) is 6.54 Å². The number of nitrogens with zero attached hydrogens (tertiary/aromatic N) is 2. The number of rotatable bonds is 6. The lowest BCUT2D eigenvalue weighted by Gasteiger charge is -2.20. The van der Waals surface area contributed by atoms with E-state index in [4.69, 9.17) is 20.8 Å². The lowest BCUT2D eigenvalue weighted by molar-refractivity contribution is -0.925. The van der Waals surface area contributed by atoms with Crippen molar-refractivity contribution < 1.29 is 14.1 Å². The van der Waals surface area contributed by atoms with Gasteiger partial charge < -0.3 is 14.1 Å². The SMILES string of the molecule is COc1ccc(Cl)cc1C[NH+](C)[C@@H](C)c1nnc(-c2cccs2)o1. The zero-order valence-electron chi connectivity index (χ0n) is 13.7. The highest BCUT2D eigenvalue weighted by Crippen LogP contribution is 2.25. The summed E-state index contributed by atoms with van der Waals surface area (Å²) in [4.78, 5) is 2.19. The van der Waals surface area contributed by atoms with Gasteiger partial charge in [-0.25, -0.2) is 0 Å². The first-order chi connectivity index (χ1) is 11.6. The predicted octanol–water partition coefficient (Wildman–Crippen LogP) is 3.24. The van der Waals surface area contributed by atoms with Gasteiger partial charge >= 0.3 is 0 Å². The zero-order chi connectivity index (χ0) is 17.1. The quantitative estimate of drug-likeness (QED) is 0.729. The van der Waals surface area contributed by atoms with Gasteiger partial charge in [0, 0.05) is 10.6 Å². The zero-order valence-corrected chi connectivity index (χ0v) is 15.3. The van der Waals surface area contributed by atoms with E-state index in [0.717, 1.165) is 22.7 Å². The first kappa shape index (κ1) is 17.0. The molecule has 0 spiro atoms. The van der Waals surface area contributed by atoms with E-state index >= 15 is 0 Å². The van der Waals surface area contributed by atoms with Crippen LogP contribution in [-0.4, -0.2) is 24.4 Å². The van der Waals surface area contributed by atoms with Crippen LogP contribution in [0.25, 0.3) is 10.8 Å². The molecule has 24 heavy (non-hydrogen) atoms. The Balaban J connectivity index is 1.75. The van der Waals surface area contributed by atoms with Crippen LogP contribution in [0, 0.1) is 0 Å². The summed E-state index contributed by atoms with van der Waals surface area (Å²) >= 11 is 7.69. The van der Waals surface area contributed by atoms with Crippen LogP contribution in [0.15, 0.2) is 40.1 Å². The van der Waals surface area contributed by atoms with Crippen LogP contribution in [0.1, 0.15) is 24.4 Å². The normalized spacial score (nSPS) is 13.7. The molecule has 1 aromatic carbocycles. The molecule has 2 heterocycles. The Morgan fingerprint density at radius 1 is 1.33 bits per heavy atom. The number of hydrogen-bond donors (Lipinski definition) is 1. The van der Waals surface area contributed by atoms with Gasteiger partial charge in [-0.3, -0.25) is 0 Å². The fraction of sp³-hybridized carbons (Fsp3) is 0.294. The summed E-state index contributed by atoms with van der Waals surface area (Å²) in [6.07, 6.45) is 0. The molecule has 0 aliphatic rings. The maximum atomic E-state index is 6.11. The minimum Gasteiger partial charge on any atom is -0.496 e. The van der Waals surface area contributed by atoms with Crippen LogP contribution in [0.5, 0.6) is 5.75 Å². The van der Waals surface area contributed by atoms with Gasteiger partial charge in [0.15, 0.2) is 6.04 Å². The van der Waals surface area contributed by atoms with Crippen molar-refractivity contribution in [3.8, 4) is 16.5 Å². The molecule has 3 rings (SSSR count). The summed E-state index contributed by atoms with van der Waals surface area (Å²) in [7, 11) is 3.75. The van der Waals surface area contributed by atoms with Gasteiger partial charge in [-0.1, -0.05) is 17.7 Å². The summed E-state index contributed by atoms with van der Waals surface area (Å²) in [5.41, 5.74) is 1.05. The molecular weight excluding hydrogens is 346 g/mol. The molecule has 5 nitrogen and oxygen atoms in total. The lowest BCUT2D eigenvalue weighted by atomic mass is 10.1. The first-order valence-corrected chi connectivity index (χ1v) is 8.86. The summed E-state index contributed by atoms with van der Waals surface area (Å²) < 4.78 is 11.3. The summed E-state index contributed by atoms with van der Waals surface area (Å²) in [5, 5.41) is 11.0. The molecule has 7 heteroatoms. The molecule has 0 aliphatic heterocycles. The summed E-state index contributed by atoms with van der Waals surface area (Å²) in [6.45, 7) is 2.81. The number of halogens is 1. The van der Waals surface area contributed by atoms with Crippen LogP contribution in [0.2, 0.25) is 5.02 Å². The summed E-state index contributed by atoms with van der Waals surface area (Å²) in [6, 6.07) is 9.64. The third kappa shape index (κ3) is 3.61. The minimum atomic E-state index is 0.0508. The third-order valence-corrected chi connectivity index (χ3v) is 5.09. The number of nitrogens with one attached hydrogen (secondary N) is 1. The maximum absolute atomic E-state index is 6.11. The van der Waals surface area contributed by atoms with E-state index in [1.165, 1.54) is 4.90 Å². The molecule has 0 fully saturated rings. The number of hydrogen-bond acceptors (Lipinski definition) is 5. The second kappa shape index (κ2) is 7.34. The van der Waals surface area contributed by atoms with Crippen molar-refractivity contribution in [1.29, 1.82) is 0 Å². The Morgan fingerprint density at radius 2 is 2.17 bits per heavy atom. The maximum Gasteiger partial charge on any atom is 0.274 e. The number of benzene rings is 1. The standard InChI is InChI=1S/C17H18ClN3O2S/c1-11(16-19-20-17(23-16)15-5-4-8-24-15)21(2)10-12-9-13(18)6-7-14(12)22-3/h4-9,11H,10H2,1-3H3/p+1/t11-/m0/s1. The number of methoxy groups -OCH3 is 1. The fourth-order valence-corrected chi connectivity index (χ4v) is 3.30. The smallest absolute Gasteiger partial charge is 0.274 e. The highest BCUT2D eigenvalue weighted by atomic mass is 35.5. The Hall–Kier alpha value is -1.89. The Morgan fingerprint density at radius 3 is 2.88 bits per heavy atom. The van der Waals surface area contributed by atoms with Crippen molar-refractivity contribution in [2.45, 2.75) is 19.5 Å². The molecular formula is C17H19ClN3O2S+. The number of aromatic nitrogens is 2. The van der Waals surface area contributed by atoms with Gasteiger partial charge in [0.2, 0.25) is 0 Å². The molecule has 2 atom stereocenters. The Bertz CT molecular complexity index is 804. The summed E-state index contributed by atoms with van der Waals surface area (Å²) in [5.74, 6) is 2.02. The van der Waals surface area contributed by atoms with Gasteiger partial charge in [0.25, 0.3) is 11.8 Å². The van der Waals surface area contributed by atoms with E-state index in [2.05, 4.69) is 24.2 Å². The molecule has 1 N–H and O–H groups in total. The number of quaternary nitrogens is 1. The molecule has 3 aromatic rings. The van der Waals surface area contributed by atoms with Gasteiger partial charge in [-0.2, -0.15) is 0 Å². The average molecular weight is 365 g/mol. The molecule has 126 valence electrons. The van der Waals surface area contributed by atoms with E-state index in [1.54, 1.807) is 18.4 Å². The van der Waals surface area contributed by atoms with Crippen LogP contribution in [0.3, 0.4) is 0 Å². The van der Waals surface area contributed by atoms with E-state index in [-0.39, 0.29) is 6.04 Å². The molecule has 0 radical (unpaired) electrons. The number of ether oxygens (including phenoxy) is 1. The third-order valence-electron chi connectivity index (χ3n) is 3.99. The largest absolute Gasteiger partial charge is 0.496 e. The van der Waals surface area contributed by atoms with Crippen molar-refractivity contribution in [1.82, 2.24) is 10.2 Å². The molecule has 0 saturated heterocycles. The van der Waals surface area contributed by atoms with Crippen molar-refractivity contribution in [2.75, 3.05) is 14.2 Å². The van der Waals surface area contributed by atoms with Crippen molar-refractivity contribution >= 4 is 22.9 Å². The van der Waals surface area contributed by atoms with Gasteiger partial charge in [-0.15, -0.1) is 21.5 Å². The van der Waals surface area contributed by atoms with E-state index < -0.39 is 0 Å². The molecule has 0 bridgehead atoms. The van der Waals surface area contributed by atoms with Crippen molar-refractivity contribution in [3.63, 3.8) is 0 Å². The monoisotopic (exact) mass is 364 g/mol. The highest BCUT2D eigenvalue weighted by molar-refractivity contribution is 7.13. The molecule has 0 aliphatic carbocycles. The molecule has 0 amide bonds. The highest BCUT2D eigenvalue weighted by Gasteiger charge is 2.24. The van der Waals surface area contributed by atoms with Gasteiger partial charge in [0.05, 0.1) is 19.0 Å². The van der Waals surface area contributed by atoms with Crippen molar-refractivity contribution in [2.24, 2.45) is 0 Å². The molecule has 0 saturated carbocycles. The molecule has 2 aromatic heterocycles. The minimum absolute atomic E-state index is 0.0508. The average Bonchev–Trinajstić information content (AvgIpc) is 3.25. The van der Waals surface area contributed by atoms with E-state index in [0.29, 0.717) is 16.8 Å². The second-order valence-corrected chi connectivity index (χ2v) is 7.01. The Kier molecular flexibility index (Phi) is 5.18.